The van der Waals surface area contributed by atoms with E-state index in [1.54, 1.807) is 0 Å². The summed E-state index contributed by atoms with van der Waals surface area (Å²) in [7, 11) is -3.63. The van der Waals surface area contributed by atoms with Crippen LogP contribution in [0.25, 0.3) is 0 Å². The number of carbonyl (C=O) groups excluding carboxylic acids is 1. The van der Waals surface area contributed by atoms with E-state index in [2.05, 4.69) is 31.3 Å². The molecule has 0 radical (unpaired) electrons. The number of amides is 1. The first kappa shape index (κ1) is 18.9. The van der Waals surface area contributed by atoms with Crippen molar-refractivity contribution in [3.05, 3.63) is 34.9 Å². The van der Waals surface area contributed by atoms with Gasteiger partial charge in [-0.3, -0.25) is 9.69 Å². The van der Waals surface area contributed by atoms with Crippen LogP contribution in [0, 0.1) is 13.8 Å². The van der Waals surface area contributed by atoms with Crippen molar-refractivity contribution in [3.8, 4) is 0 Å². The van der Waals surface area contributed by atoms with Crippen LogP contribution in [0.4, 0.5) is 0 Å². The molecule has 0 spiro atoms. The monoisotopic (exact) mass is 354 g/mol. The van der Waals surface area contributed by atoms with Crippen LogP contribution in [0.2, 0.25) is 0 Å². The molecule has 1 amide bonds. The van der Waals surface area contributed by atoms with Crippen molar-refractivity contribution < 1.29 is 13.2 Å². The van der Waals surface area contributed by atoms with Crippen molar-refractivity contribution in [2.45, 2.75) is 26.8 Å². The summed E-state index contributed by atoms with van der Waals surface area (Å²) in [5.74, 6) is -0.0650. The molecule has 1 atom stereocenters. The maximum atomic E-state index is 12.2. The van der Waals surface area contributed by atoms with E-state index in [1.807, 2.05) is 17.9 Å². The summed E-state index contributed by atoms with van der Waals surface area (Å²) in [5.41, 5.74) is 3.50. The quantitative estimate of drug-likeness (QED) is 0.795. The van der Waals surface area contributed by atoms with Crippen LogP contribution in [0.5, 0.6) is 0 Å². The number of benzene rings is 1. The molecule has 8 heteroatoms. The van der Waals surface area contributed by atoms with E-state index in [-0.39, 0.29) is 18.5 Å². The van der Waals surface area contributed by atoms with Gasteiger partial charge in [-0.1, -0.05) is 18.2 Å². The van der Waals surface area contributed by atoms with E-state index in [0.29, 0.717) is 26.2 Å². The second-order valence-electron chi connectivity index (χ2n) is 6.35. The minimum atomic E-state index is -3.63. The number of rotatable bonds is 5. The number of piperazine rings is 1. The van der Waals surface area contributed by atoms with E-state index in [1.165, 1.54) is 15.4 Å². The predicted molar refractivity (Wildman–Crippen MR) is 93.6 cm³/mol. The number of nitrogens with two attached hydrogens (primary N) is 1. The molecule has 1 saturated heterocycles. The summed E-state index contributed by atoms with van der Waals surface area (Å²) in [5, 5.41) is 8.10. The Bertz CT molecular complexity index is 697. The first-order chi connectivity index (χ1) is 11.2. The van der Waals surface area contributed by atoms with Crippen LogP contribution in [0.15, 0.2) is 18.2 Å². The normalized spacial score (nSPS) is 18.3. The van der Waals surface area contributed by atoms with Crippen LogP contribution in [-0.2, 0) is 15.0 Å². The Labute approximate surface area is 144 Å². The zero-order valence-corrected chi connectivity index (χ0v) is 15.3. The summed E-state index contributed by atoms with van der Waals surface area (Å²) in [6.07, 6.45) is 0. The fraction of sp³-hybridized carbons (Fsp3) is 0.562. The third kappa shape index (κ3) is 5.01. The van der Waals surface area contributed by atoms with Gasteiger partial charge in [0.1, 0.15) is 0 Å². The van der Waals surface area contributed by atoms with Crippen molar-refractivity contribution in [2.75, 3.05) is 32.7 Å². The van der Waals surface area contributed by atoms with Gasteiger partial charge in [0.15, 0.2) is 0 Å². The van der Waals surface area contributed by atoms with Gasteiger partial charge in [-0.05, 0) is 37.5 Å². The number of nitrogens with zero attached hydrogens (tertiary/aromatic N) is 2. The molecule has 0 saturated carbocycles. The highest BCUT2D eigenvalue weighted by molar-refractivity contribution is 7.86. The first-order valence-electron chi connectivity index (χ1n) is 8.03. The Morgan fingerprint density at radius 1 is 1.21 bits per heavy atom. The molecule has 1 aromatic carbocycles. The lowest BCUT2D eigenvalue weighted by Crippen LogP contribution is -2.52. The molecular weight excluding hydrogens is 328 g/mol. The van der Waals surface area contributed by atoms with Crippen LogP contribution in [0.1, 0.15) is 29.7 Å². The Balaban J connectivity index is 1.84. The maximum Gasteiger partial charge on any atom is 0.276 e. The average molecular weight is 354 g/mol. The summed E-state index contributed by atoms with van der Waals surface area (Å²) in [4.78, 5) is 14.2. The zero-order chi connectivity index (χ0) is 17.9. The number of carbonyl (C=O) groups is 1. The molecule has 2 rings (SSSR count). The minimum absolute atomic E-state index is 0.0650. The lowest BCUT2D eigenvalue weighted by molar-refractivity contribution is -0.123. The summed E-state index contributed by atoms with van der Waals surface area (Å²) < 4.78 is 23.8. The molecule has 0 aliphatic carbocycles. The number of hydrogen-bond acceptors (Lipinski definition) is 4. The Morgan fingerprint density at radius 3 is 2.38 bits per heavy atom. The van der Waals surface area contributed by atoms with E-state index in [9.17, 15) is 13.2 Å². The van der Waals surface area contributed by atoms with E-state index >= 15 is 0 Å². The van der Waals surface area contributed by atoms with Crippen molar-refractivity contribution in [1.82, 2.24) is 14.5 Å². The molecule has 0 aromatic heterocycles. The van der Waals surface area contributed by atoms with E-state index in [0.717, 1.165) is 5.56 Å². The number of aryl methyl sites for hydroxylation is 2. The first-order valence-corrected chi connectivity index (χ1v) is 9.54. The van der Waals surface area contributed by atoms with Gasteiger partial charge in [0.2, 0.25) is 5.91 Å². The molecule has 1 aliphatic heterocycles. The number of hydrogen-bond donors (Lipinski definition) is 2. The summed E-state index contributed by atoms with van der Waals surface area (Å²) >= 11 is 0. The highest BCUT2D eigenvalue weighted by Crippen LogP contribution is 2.16. The third-order valence-corrected chi connectivity index (χ3v) is 5.55. The molecule has 1 unspecified atom stereocenters. The van der Waals surface area contributed by atoms with Crippen LogP contribution >= 0.6 is 0 Å². The lowest BCUT2D eigenvalue weighted by Gasteiger charge is -2.32. The predicted octanol–water partition coefficient (Wildman–Crippen LogP) is 0.302. The van der Waals surface area contributed by atoms with Gasteiger partial charge in [-0.25, -0.2) is 5.14 Å². The number of nitrogens with one attached hydrogen (secondary N) is 1. The average Bonchev–Trinajstić information content (AvgIpc) is 2.49. The fourth-order valence-corrected chi connectivity index (χ4v) is 3.42. The maximum absolute atomic E-state index is 12.2. The highest BCUT2D eigenvalue weighted by atomic mass is 32.2. The zero-order valence-electron chi connectivity index (χ0n) is 14.4. The van der Waals surface area contributed by atoms with Crippen molar-refractivity contribution in [2.24, 2.45) is 5.14 Å². The largest absolute Gasteiger partial charge is 0.348 e. The molecule has 7 nitrogen and oxygen atoms in total. The molecule has 3 N–H and O–H groups in total. The third-order valence-electron chi connectivity index (χ3n) is 4.47. The smallest absolute Gasteiger partial charge is 0.276 e. The van der Waals surface area contributed by atoms with Gasteiger partial charge in [-0.15, -0.1) is 0 Å². The summed E-state index contributed by atoms with van der Waals surface area (Å²) in [6, 6.07) is 6.10. The Kier molecular flexibility index (Phi) is 5.97. The molecular formula is C16H26N4O3S. The second-order valence-corrected chi connectivity index (χ2v) is 7.90. The van der Waals surface area contributed by atoms with Gasteiger partial charge in [0, 0.05) is 26.2 Å². The Hall–Kier alpha value is -1.48. The standard InChI is InChI=1S/C16H26N4O3S/c1-12-4-5-15(10-13(12)2)14(3)18-16(21)11-19-6-8-20(9-7-19)24(17,22)23/h4-5,10,14H,6-9,11H2,1-3H3,(H,18,21)(H2,17,22,23). The van der Waals surface area contributed by atoms with Gasteiger partial charge in [0.05, 0.1) is 12.6 Å². The van der Waals surface area contributed by atoms with E-state index in [4.69, 9.17) is 5.14 Å². The van der Waals surface area contributed by atoms with Gasteiger partial charge in [0.25, 0.3) is 10.2 Å². The van der Waals surface area contributed by atoms with Crippen LogP contribution < -0.4 is 10.5 Å². The Morgan fingerprint density at radius 2 is 1.83 bits per heavy atom. The fourth-order valence-electron chi connectivity index (χ4n) is 2.75. The van der Waals surface area contributed by atoms with Gasteiger partial charge in [-0.2, -0.15) is 12.7 Å². The molecule has 1 fully saturated rings. The van der Waals surface area contributed by atoms with Crippen LogP contribution in [0.3, 0.4) is 0 Å². The molecule has 1 heterocycles. The van der Waals surface area contributed by atoms with Crippen molar-refractivity contribution >= 4 is 16.1 Å². The molecule has 1 aliphatic rings. The highest BCUT2D eigenvalue weighted by Gasteiger charge is 2.25. The molecule has 0 bridgehead atoms. The summed E-state index contributed by atoms with van der Waals surface area (Å²) in [6.45, 7) is 7.97. The molecule has 134 valence electrons. The van der Waals surface area contributed by atoms with Crippen molar-refractivity contribution in [1.29, 1.82) is 0 Å². The van der Waals surface area contributed by atoms with Crippen LogP contribution in [-0.4, -0.2) is 56.3 Å². The molecule has 1 aromatic rings. The SMILES string of the molecule is Cc1ccc(C(C)NC(=O)CN2CCN(S(N)(=O)=O)CC2)cc1C. The topological polar surface area (TPSA) is 95.7 Å². The minimum Gasteiger partial charge on any atom is -0.348 e. The van der Waals surface area contributed by atoms with Crippen molar-refractivity contribution in [3.63, 3.8) is 0 Å². The second kappa shape index (κ2) is 7.60. The van der Waals surface area contributed by atoms with Gasteiger partial charge >= 0.3 is 0 Å². The lowest BCUT2D eigenvalue weighted by atomic mass is 10.0. The van der Waals surface area contributed by atoms with E-state index < -0.39 is 10.2 Å². The molecule has 24 heavy (non-hydrogen) atoms. The van der Waals surface area contributed by atoms with Gasteiger partial charge < -0.3 is 5.32 Å².